The Labute approximate surface area is 162 Å². The highest BCUT2D eigenvalue weighted by atomic mass is 16.5. The Morgan fingerprint density at radius 2 is 2.00 bits per heavy atom. The molecule has 0 radical (unpaired) electrons. The van der Waals surface area contributed by atoms with Crippen LogP contribution >= 0.6 is 0 Å². The molecule has 1 spiro atoms. The summed E-state index contributed by atoms with van der Waals surface area (Å²) in [5.41, 5.74) is 4.13. The molecule has 1 aromatic heterocycles. The first-order chi connectivity index (χ1) is 13.7. The molecule has 2 heterocycles. The van der Waals surface area contributed by atoms with Crippen molar-refractivity contribution in [3.63, 3.8) is 0 Å². The predicted molar refractivity (Wildman–Crippen MR) is 103 cm³/mol. The number of aliphatic hydroxyl groups excluding tert-OH is 1. The minimum absolute atomic E-state index is 0.000160. The Morgan fingerprint density at radius 1 is 1.14 bits per heavy atom. The zero-order chi connectivity index (χ0) is 19.1. The lowest BCUT2D eigenvalue weighted by atomic mass is 9.80. The van der Waals surface area contributed by atoms with E-state index in [9.17, 15) is 9.90 Å². The lowest BCUT2D eigenvalue weighted by molar-refractivity contribution is -0.128. The van der Waals surface area contributed by atoms with Crippen molar-refractivity contribution < 1.29 is 14.4 Å². The minimum Gasteiger partial charge on any atom is -0.395 e. The van der Waals surface area contributed by atoms with Gasteiger partial charge in [-0.2, -0.15) is 4.98 Å². The largest absolute Gasteiger partial charge is 0.395 e. The van der Waals surface area contributed by atoms with Crippen LogP contribution in [-0.2, 0) is 16.6 Å². The van der Waals surface area contributed by atoms with Gasteiger partial charge in [0.25, 0.3) is 5.89 Å². The summed E-state index contributed by atoms with van der Waals surface area (Å²) in [6.45, 7) is 1.07. The van der Waals surface area contributed by atoms with E-state index < -0.39 is 0 Å². The molecule has 6 heteroatoms. The molecule has 0 bridgehead atoms. The number of β-amino-alcohol motifs (C(OH)–C–C–N with tert-alkyl or cyclic N) is 1. The van der Waals surface area contributed by atoms with Crippen molar-refractivity contribution in [3.05, 3.63) is 59.7 Å². The van der Waals surface area contributed by atoms with Gasteiger partial charge in [-0.05, 0) is 36.1 Å². The third kappa shape index (κ3) is 2.64. The Hall–Kier alpha value is -2.99. The van der Waals surface area contributed by atoms with Gasteiger partial charge in [0.15, 0.2) is 0 Å². The number of carbonyl (C=O) groups is 1. The second-order valence-corrected chi connectivity index (χ2v) is 7.62. The van der Waals surface area contributed by atoms with E-state index in [-0.39, 0.29) is 17.9 Å². The van der Waals surface area contributed by atoms with Crippen LogP contribution in [0.4, 0.5) is 0 Å². The number of aromatic nitrogens is 2. The molecule has 1 saturated heterocycles. The molecule has 6 nitrogen and oxygen atoms in total. The number of rotatable bonds is 4. The summed E-state index contributed by atoms with van der Waals surface area (Å²) in [7, 11) is 0. The maximum absolute atomic E-state index is 12.4. The molecule has 2 aliphatic rings. The van der Waals surface area contributed by atoms with Gasteiger partial charge in [0.1, 0.15) is 0 Å². The van der Waals surface area contributed by atoms with E-state index in [2.05, 4.69) is 16.2 Å². The van der Waals surface area contributed by atoms with E-state index >= 15 is 0 Å². The Balaban J connectivity index is 1.51. The molecule has 1 N–H and O–H groups in total. The van der Waals surface area contributed by atoms with E-state index in [1.165, 1.54) is 11.1 Å². The molecule has 28 heavy (non-hydrogen) atoms. The van der Waals surface area contributed by atoms with Crippen LogP contribution in [-0.4, -0.2) is 45.8 Å². The van der Waals surface area contributed by atoms with Crippen LogP contribution < -0.4 is 0 Å². The van der Waals surface area contributed by atoms with Crippen molar-refractivity contribution >= 4 is 5.91 Å². The summed E-state index contributed by atoms with van der Waals surface area (Å²) in [6.07, 6.45) is 2.32. The van der Waals surface area contributed by atoms with E-state index in [1.807, 2.05) is 42.5 Å². The molecule has 1 unspecified atom stereocenters. The SMILES string of the molecule is O=C1CC2(CCc3c(-c4noc(-c5ccccc5)n4)cccc32)CN1CCO. The van der Waals surface area contributed by atoms with Crippen molar-refractivity contribution in [2.75, 3.05) is 19.7 Å². The van der Waals surface area contributed by atoms with Crippen LogP contribution in [0.5, 0.6) is 0 Å². The molecular formula is C22H21N3O3. The number of fused-ring (bicyclic) bond motifs is 2. The average molecular weight is 375 g/mol. The summed E-state index contributed by atoms with van der Waals surface area (Å²) in [5, 5.41) is 13.5. The molecule has 1 atom stereocenters. The highest BCUT2D eigenvalue weighted by molar-refractivity contribution is 5.82. The van der Waals surface area contributed by atoms with Gasteiger partial charge in [0.05, 0.1) is 6.61 Å². The van der Waals surface area contributed by atoms with Gasteiger partial charge in [0, 0.05) is 36.1 Å². The summed E-state index contributed by atoms with van der Waals surface area (Å²) in [6, 6.07) is 15.9. The van der Waals surface area contributed by atoms with Crippen LogP contribution in [0.15, 0.2) is 53.1 Å². The number of nitrogens with zero attached hydrogens (tertiary/aromatic N) is 3. The Kier molecular flexibility index (Phi) is 4.02. The standard InChI is InChI=1S/C22H21N3O3/c26-12-11-25-14-22(13-19(25)27)10-9-16-17(7-4-8-18(16)22)20-23-21(28-24-20)15-5-2-1-3-6-15/h1-8,26H,9-14H2. The van der Waals surface area contributed by atoms with Gasteiger partial charge in [-0.25, -0.2) is 0 Å². The van der Waals surface area contributed by atoms with Crippen molar-refractivity contribution in [1.29, 1.82) is 0 Å². The maximum Gasteiger partial charge on any atom is 0.258 e. The number of benzene rings is 2. The van der Waals surface area contributed by atoms with E-state index in [4.69, 9.17) is 4.52 Å². The smallest absolute Gasteiger partial charge is 0.258 e. The zero-order valence-electron chi connectivity index (χ0n) is 15.5. The van der Waals surface area contributed by atoms with Gasteiger partial charge in [-0.3, -0.25) is 4.79 Å². The molecule has 2 aromatic carbocycles. The third-order valence-corrected chi connectivity index (χ3v) is 5.99. The summed E-state index contributed by atoms with van der Waals surface area (Å²) >= 11 is 0. The van der Waals surface area contributed by atoms with E-state index in [0.29, 0.717) is 31.2 Å². The number of carbonyl (C=O) groups excluding carboxylic acids is 1. The second-order valence-electron chi connectivity index (χ2n) is 7.62. The maximum atomic E-state index is 12.4. The monoisotopic (exact) mass is 375 g/mol. The van der Waals surface area contributed by atoms with Crippen LogP contribution in [0.2, 0.25) is 0 Å². The predicted octanol–water partition coefficient (Wildman–Crippen LogP) is 2.81. The van der Waals surface area contributed by atoms with Gasteiger partial charge in [0.2, 0.25) is 11.7 Å². The molecule has 1 amide bonds. The third-order valence-electron chi connectivity index (χ3n) is 5.99. The summed E-state index contributed by atoms with van der Waals surface area (Å²) < 4.78 is 5.50. The van der Waals surface area contributed by atoms with Crippen LogP contribution in [0.1, 0.15) is 24.0 Å². The molecule has 3 aromatic rings. The fraction of sp³-hybridized carbons (Fsp3) is 0.318. The zero-order valence-corrected chi connectivity index (χ0v) is 15.5. The number of aliphatic hydroxyl groups is 1. The van der Waals surface area contributed by atoms with Crippen molar-refractivity contribution in [3.8, 4) is 22.8 Å². The molecular weight excluding hydrogens is 354 g/mol. The summed E-state index contributed by atoms with van der Waals surface area (Å²) in [5.74, 6) is 1.22. The van der Waals surface area contributed by atoms with Gasteiger partial charge >= 0.3 is 0 Å². The minimum atomic E-state index is -0.163. The first kappa shape index (κ1) is 17.1. The van der Waals surface area contributed by atoms with E-state index in [1.54, 1.807) is 4.90 Å². The lowest BCUT2D eigenvalue weighted by Gasteiger charge is -2.24. The molecule has 5 rings (SSSR count). The van der Waals surface area contributed by atoms with Crippen molar-refractivity contribution in [2.45, 2.75) is 24.7 Å². The highest BCUT2D eigenvalue weighted by Gasteiger charge is 2.48. The van der Waals surface area contributed by atoms with Crippen LogP contribution in [0.25, 0.3) is 22.8 Å². The number of amides is 1. The highest BCUT2D eigenvalue weighted by Crippen LogP contribution is 2.48. The fourth-order valence-electron chi connectivity index (χ4n) is 4.68. The second kappa shape index (κ2) is 6.56. The first-order valence-corrected chi connectivity index (χ1v) is 9.61. The molecule has 1 aliphatic heterocycles. The van der Waals surface area contributed by atoms with Gasteiger partial charge < -0.3 is 14.5 Å². The fourth-order valence-corrected chi connectivity index (χ4v) is 4.68. The molecule has 1 aliphatic carbocycles. The number of hydrogen-bond acceptors (Lipinski definition) is 5. The van der Waals surface area contributed by atoms with Crippen LogP contribution in [0, 0.1) is 0 Å². The number of likely N-dealkylation sites (tertiary alicyclic amines) is 1. The summed E-state index contributed by atoms with van der Waals surface area (Å²) in [4.78, 5) is 18.8. The van der Waals surface area contributed by atoms with Gasteiger partial charge in [-0.1, -0.05) is 41.6 Å². The molecule has 142 valence electrons. The lowest BCUT2D eigenvalue weighted by Crippen LogP contribution is -2.32. The van der Waals surface area contributed by atoms with Crippen molar-refractivity contribution in [2.24, 2.45) is 0 Å². The number of hydrogen-bond donors (Lipinski definition) is 1. The molecule has 0 saturated carbocycles. The molecule has 1 fully saturated rings. The quantitative estimate of drug-likeness (QED) is 0.759. The van der Waals surface area contributed by atoms with Crippen molar-refractivity contribution in [1.82, 2.24) is 15.0 Å². The van der Waals surface area contributed by atoms with Crippen LogP contribution in [0.3, 0.4) is 0 Å². The first-order valence-electron chi connectivity index (χ1n) is 9.61. The Morgan fingerprint density at radius 3 is 2.82 bits per heavy atom. The average Bonchev–Trinajstić information content (AvgIpc) is 3.42. The van der Waals surface area contributed by atoms with E-state index in [0.717, 1.165) is 24.0 Å². The Bertz CT molecular complexity index is 1030. The normalized spacial score (nSPS) is 20.9. The van der Waals surface area contributed by atoms with Gasteiger partial charge in [-0.15, -0.1) is 0 Å². The topological polar surface area (TPSA) is 79.5 Å².